The lowest BCUT2D eigenvalue weighted by Gasteiger charge is -2.23. The molecule has 26 heavy (non-hydrogen) atoms. The SMILES string of the molecule is COC(=O)C1=C(C(=O)OC)N(c2ccc(O)c(NC(C)=O)c2)C=CC=C1. The molecule has 0 bridgehead atoms. The molecule has 0 saturated heterocycles. The quantitative estimate of drug-likeness (QED) is 0.625. The number of anilines is 2. The van der Waals surface area contributed by atoms with Gasteiger partial charge in [-0.2, -0.15) is 0 Å². The molecule has 0 atom stereocenters. The second-order valence-electron chi connectivity index (χ2n) is 5.20. The van der Waals surface area contributed by atoms with Crippen molar-refractivity contribution in [1.29, 1.82) is 0 Å². The molecule has 1 amide bonds. The fourth-order valence-electron chi connectivity index (χ4n) is 2.33. The Morgan fingerprint density at radius 3 is 2.38 bits per heavy atom. The maximum atomic E-state index is 12.3. The van der Waals surface area contributed by atoms with E-state index in [0.29, 0.717) is 5.69 Å². The molecule has 8 nitrogen and oxygen atoms in total. The Morgan fingerprint density at radius 1 is 1.08 bits per heavy atom. The first kappa shape index (κ1) is 18.8. The lowest BCUT2D eigenvalue weighted by Crippen LogP contribution is -2.27. The normalized spacial score (nSPS) is 13.3. The Labute approximate surface area is 150 Å². The minimum atomic E-state index is -0.754. The largest absolute Gasteiger partial charge is 0.506 e. The summed E-state index contributed by atoms with van der Waals surface area (Å²) < 4.78 is 9.55. The van der Waals surface area contributed by atoms with E-state index in [1.807, 2.05) is 0 Å². The summed E-state index contributed by atoms with van der Waals surface area (Å²) in [7, 11) is 2.40. The number of esters is 2. The maximum absolute atomic E-state index is 12.3. The highest BCUT2D eigenvalue weighted by Crippen LogP contribution is 2.32. The molecule has 2 rings (SSSR count). The van der Waals surface area contributed by atoms with Gasteiger partial charge in [0, 0.05) is 18.8 Å². The van der Waals surface area contributed by atoms with Gasteiger partial charge in [0.15, 0.2) is 0 Å². The van der Waals surface area contributed by atoms with Crippen LogP contribution in [0.3, 0.4) is 0 Å². The molecule has 0 saturated carbocycles. The number of carbonyl (C=O) groups excluding carboxylic acids is 3. The summed E-state index contributed by atoms with van der Waals surface area (Å²) in [5.74, 6) is -1.98. The maximum Gasteiger partial charge on any atom is 0.355 e. The van der Waals surface area contributed by atoms with Crippen LogP contribution >= 0.6 is 0 Å². The van der Waals surface area contributed by atoms with Crippen molar-refractivity contribution in [3.05, 3.63) is 53.9 Å². The second kappa shape index (κ2) is 8.02. The number of benzene rings is 1. The van der Waals surface area contributed by atoms with Gasteiger partial charge in [-0.25, -0.2) is 9.59 Å². The molecule has 8 heteroatoms. The van der Waals surface area contributed by atoms with Gasteiger partial charge in [-0.1, -0.05) is 6.08 Å². The molecule has 0 unspecified atom stereocenters. The number of hydrogen-bond donors (Lipinski definition) is 2. The average Bonchev–Trinajstić information content (AvgIpc) is 2.84. The molecule has 2 N–H and O–H groups in total. The van der Waals surface area contributed by atoms with Gasteiger partial charge < -0.3 is 24.8 Å². The highest BCUT2D eigenvalue weighted by molar-refractivity contribution is 6.05. The van der Waals surface area contributed by atoms with E-state index in [4.69, 9.17) is 9.47 Å². The third-order valence-electron chi connectivity index (χ3n) is 3.46. The fourth-order valence-corrected chi connectivity index (χ4v) is 2.33. The molecular weight excluding hydrogens is 340 g/mol. The molecular formula is C18H18N2O6. The minimum absolute atomic E-state index is 0.00139. The minimum Gasteiger partial charge on any atom is -0.506 e. The molecule has 1 aliphatic heterocycles. The van der Waals surface area contributed by atoms with Crippen molar-refractivity contribution in [3.63, 3.8) is 0 Å². The molecule has 136 valence electrons. The van der Waals surface area contributed by atoms with E-state index in [1.54, 1.807) is 18.4 Å². The van der Waals surface area contributed by atoms with E-state index in [1.165, 1.54) is 50.3 Å². The van der Waals surface area contributed by atoms with Crippen molar-refractivity contribution in [1.82, 2.24) is 0 Å². The third-order valence-corrected chi connectivity index (χ3v) is 3.46. The Balaban J connectivity index is 2.63. The topological polar surface area (TPSA) is 105 Å². The number of phenols is 1. The summed E-state index contributed by atoms with van der Waals surface area (Å²) in [6, 6.07) is 4.35. The molecule has 0 aromatic heterocycles. The summed E-state index contributed by atoms with van der Waals surface area (Å²) >= 11 is 0. The van der Waals surface area contributed by atoms with Crippen molar-refractivity contribution in [2.45, 2.75) is 6.92 Å². The monoisotopic (exact) mass is 358 g/mol. The zero-order valence-electron chi connectivity index (χ0n) is 14.5. The summed E-state index contributed by atoms with van der Waals surface area (Å²) in [4.78, 5) is 37.2. The number of amides is 1. The molecule has 1 aromatic carbocycles. The Bertz CT molecular complexity index is 838. The number of nitrogens with one attached hydrogen (secondary N) is 1. The summed E-state index contributed by atoms with van der Waals surface area (Å²) in [5.41, 5.74) is 0.500. The number of ether oxygens (including phenoxy) is 2. The first-order valence-electron chi connectivity index (χ1n) is 7.54. The van der Waals surface area contributed by atoms with Crippen LogP contribution in [0.5, 0.6) is 5.75 Å². The summed E-state index contributed by atoms with van der Waals surface area (Å²) in [6.07, 6.45) is 6.17. The molecule has 0 aliphatic carbocycles. The Kier molecular flexibility index (Phi) is 5.79. The van der Waals surface area contributed by atoms with E-state index in [9.17, 15) is 19.5 Å². The number of aromatic hydroxyl groups is 1. The van der Waals surface area contributed by atoms with Crippen LogP contribution in [-0.4, -0.2) is 37.2 Å². The Hall–Kier alpha value is -3.55. The summed E-state index contributed by atoms with van der Waals surface area (Å²) in [6.45, 7) is 1.30. The molecule has 0 spiro atoms. The number of hydrogen-bond acceptors (Lipinski definition) is 7. The van der Waals surface area contributed by atoms with Gasteiger partial charge >= 0.3 is 11.9 Å². The van der Waals surface area contributed by atoms with Crippen LogP contribution in [0.15, 0.2) is 53.9 Å². The standard InChI is InChI=1S/C18H18N2O6/c1-11(21)19-14-10-12(7-8-15(14)22)20-9-5-4-6-13(17(23)25-2)16(20)18(24)26-3/h4-10,22H,1-3H3,(H,19,21). The number of carbonyl (C=O) groups is 3. The van der Waals surface area contributed by atoms with Gasteiger partial charge in [0.2, 0.25) is 5.91 Å². The van der Waals surface area contributed by atoms with Crippen LogP contribution in [0.1, 0.15) is 6.92 Å². The van der Waals surface area contributed by atoms with Gasteiger partial charge in [-0.3, -0.25) is 4.79 Å². The van der Waals surface area contributed by atoms with Gasteiger partial charge in [0.05, 0.1) is 25.5 Å². The predicted molar refractivity (Wildman–Crippen MR) is 94.2 cm³/mol. The van der Waals surface area contributed by atoms with Gasteiger partial charge in [0.25, 0.3) is 0 Å². The lowest BCUT2D eigenvalue weighted by molar-refractivity contribution is -0.139. The number of phenolic OH excluding ortho intramolecular Hbond substituents is 1. The molecule has 1 heterocycles. The van der Waals surface area contributed by atoms with Crippen LogP contribution in [-0.2, 0) is 23.9 Å². The predicted octanol–water partition coefficient (Wildman–Crippen LogP) is 1.84. The van der Waals surface area contributed by atoms with Crippen LogP contribution in [0.4, 0.5) is 11.4 Å². The van der Waals surface area contributed by atoms with E-state index >= 15 is 0 Å². The van der Waals surface area contributed by atoms with E-state index < -0.39 is 11.9 Å². The first-order valence-corrected chi connectivity index (χ1v) is 7.54. The van der Waals surface area contributed by atoms with Crippen LogP contribution in [0, 0.1) is 0 Å². The number of methoxy groups -OCH3 is 2. The highest BCUT2D eigenvalue weighted by atomic mass is 16.5. The van der Waals surface area contributed by atoms with Crippen LogP contribution < -0.4 is 10.2 Å². The van der Waals surface area contributed by atoms with Gasteiger partial charge in [-0.15, -0.1) is 0 Å². The van der Waals surface area contributed by atoms with Crippen LogP contribution in [0.25, 0.3) is 0 Å². The van der Waals surface area contributed by atoms with E-state index in [0.717, 1.165) is 0 Å². The van der Waals surface area contributed by atoms with Gasteiger partial charge in [0.1, 0.15) is 11.4 Å². The summed E-state index contributed by atoms with van der Waals surface area (Å²) in [5, 5.41) is 12.4. The molecule has 1 aromatic rings. The molecule has 1 aliphatic rings. The number of allylic oxidation sites excluding steroid dienone is 2. The third kappa shape index (κ3) is 3.92. The van der Waals surface area contributed by atoms with Crippen molar-refractivity contribution < 1.29 is 29.0 Å². The smallest absolute Gasteiger partial charge is 0.355 e. The zero-order chi connectivity index (χ0) is 19.3. The Morgan fingerprint density at radius 2 is 1.77 bits per heavy atom. The van der Waals surface area contributed by atoms with Crippen LogP contribution in [0.2, 0.25) is 0 Å². The van der Waals surface area contributed by atoms with Crippen molar-refractivity contribution >= 4 is 29.2 Å². The zero-order valence-corrected chi connectivity index (χ0v) is 14.5. The number of rotatable bonds is 4. The molecule has 0 radical (unpaired) electrons. The van der Waals surface area contributed by atoms with Crippen molar-refractivity contribution in [3.8, 4) is 5.75 Å². The van der Waals surface area contributed by atoms with E-state index in [2.05, 4.69) is 5.32 Å². The first-order chi connectivity index (χ1) is 12.4. The number of nitrogens with zero attached hydrogens (tertiary/aromatic N) is 1. The average molecular weight is 358 g/mol. The van der Waals surface area contributed by atoms with Crippen molar-refractivity contribution in [2.24, 2.45) is 0 Å². The van der Waals surface area contributed by atoms with E-state index in [-0.39, 0.29) is 28.6 Å². The second-order valence-corrected chi connectivity index (χ2v) is 5.20. The highest BCUT2D eigenvalue weighted by Gasteiger charge is 2.27. The van der Waals surface area contributed by atoms with Gasteiger partial charge in [-0.05, 0) is 30.4 Å². The fraction of sp³-hybridized carbons (Fsp3) is 0.167. The molecule has 0 fully saturated rings. The lowest BCUT2D eigenvalue weighted by atomic mass is 10.1. The van der Waals surface area contributed by atoms with Crippen molar-refractivity contribution in [2.75, 3.05) is 24.4 Å².